The fourth-order valence-electron chi connectivity index (χ4n) is 3.20. The van der Waals surface area contributed by atoms with E-state index in [0.717, 1.165) is 22.1 Å². The van der Waals surface area contributed by atoms with Crippen molar-refractivity contribution in [2.45, 2.75) is 32.7 Å². The van der Waals surface area contributed by atoms with Crippen LogP contribution in [0.25, 0.3) is 10.8 Å². The topological polar surface area (TPSA) is 48.4 Å². The molecule has 2 N–H and O–H groups in total. The first-order valence-electron chi connectivity index (χ1n) is 8.03. The number of benzene rings is 2. The fraction of sp³-hybridized carbons (Fsp3) is 0.300. The number of furan rings is 1. The van der Waals surface area contributed by atoms with Crippen molar-refractivity contribution in [1.29, 1.82) is 0 Å². The van der Waals surface area contributed by atoms with Crippen LogP contribution in [0.2, 0.25) is 5.02 Å². The second kappa shape index (κ2) is 6.50. The predicted octanol–water partition coefficient (Wildman–Crippen LogP) is 5.57. The average Bonchev–Trinajstić information content (AvgIpc) is 2.95. The lowest BCUT2D eigenvalue weighted by atomic mass is 9.93. The van der Waals surface area contributed by atoms with Crippen molar-refractivity contribution in [3.8, 4) is 5.75 Å². The number of methoxy groups -OCH3 is 1. The van der Waals surface area contributed by atoms with Crippen LogP contribution in [0.1, 0.15) is 48.3 Å². The molecule has 0 bridgehead atoms. The molecular formula is C20H22ClNO2. The van der Waals surface area contributed by atoms with Crippen LogP contribution in [-0.2, 0) is 0 Å². The van der Waals surface area contributed by atoms with Crippen LogP contribution in [0.5, 0.6) is 5.75 Å². The number of rotatable bonds is 4. The third-order valence-electron chi connectivity index (χ3n) is 4.45. The molecule has 1 heterocycles. The van der Waals surface area contributed by atoms with Crippen LogP contribution in [0.4, 0.5) is 0 Å². The summed E-state index contributed by atoms with van der Waals surface area (Å²) < 4.78 is 11.3. The van der Waals surface area contributed by atoms with Crippen molar-refractivity contribution < 1.29 is 9.15 Å². The third kappa shape index (κ3) is 2.90. The Kier molecular flexibility index (Phi) is 4.57. The molecule has 126 valence electrons. The highest BCUT2D eigenvalue weighted by Gasteiger charge is 2.21. The van der Waals surface area contributed by atoms with E-state index >= 15 is 0 Å². The monoisotopic (exact) mass is 343 g/mol. The Morgan fingerprint density at radius 3 is 2.54 bits per heavy atom. The minimum absolute atomic E-state index is 0.444. The van der Waals surface area contributed by atoms with E-state index in [9.17, 15) is 0 Å². The molecule has 0 aliphatic heterocycles. The Bertz CT molecular complexity index is 883. The summed E-state index contributed by atoms with van der Waals surface area (Å²) in [5.74, 6) is 1.89. The van der Waals surface area contributed by atoms with Gasteiger partial charge in [-0.1, -0.05) is 25.4 Å². The molecule has 0 saturated heterocycles. The molecule has 0 fully saturated rings. The number of hydrogen-bond donors (Lipinski definition) is 1. The molecular weight excluding hydrogens is 322 g/mol. The maximum Gasteiger partial charge on any atom is 0.132 e. The quantitative estimate of drug-likeness (QED) is 0.673. The van der Waals surface area contributed by atoms with Gasteiger partial charge in [0.15, 0.2) is 0 Å². The zero-order valence-electron chi connectivity index (χ0n) is 14.4. The summed E-state index contributed by atoms with van der Waals surface area (Å²) in [6.45, 7) is 6.51. The van der Waals surface area contributed by atoms with E-state index < -0.39 is 6.04 Å². The zero-order chi connectivity index (χ0) is 17.4. The molecule has 1 atom stereocenters. The summed E-state index contributed by atoms with van der Waals surface area (Å²) in [4.78, 5) is 0. The lowest BCUT2D eigenvalue weighted by Gasteiger charge is -2.15. The number of fused-ring (bicyclic) bond motifs is 1. The average molecular weight is 344 g/mol. The highest BCUT2D eigenvalue weighted by molar-refractivity contribution is 6.30. The summed E-state index contributed by atoms with van der Waals surface area (Å²) in [7, 11) is 1.62. The molecule has 0 aliphatic rings. The van der Waals surface area contributed by atoms with Crippen molar-refractivity contribution in [1.82, 2.24) is 0 Å². The Balaban J connectivity index is 2.13. The van der Waals surface area contributed by atoms with Crippen LogP contribution < -0.4 is 10.5 Å². The summed E-state index contributed by atoms with van der Waals surface area (Å²) in [5, 5.41) is 2.72. The molecule has 0 amide bonds. The summed E-state index contributed by atoms with van der Waals surface area (Å²) in [6.07, 6.45) is 1.77. The van der Waals surface area contributed by atoms with Gasteiger partial charge in [0.1, 0.15) is 11.5 Å². The third-order valence-corrected chi connectivity index (χ3v) is 4.68. The van der Waals surface area contributed by atoms with Gasteiger partial charge in [-0.25, -0.2) is 0 Å². The molecule has 3 aromatic rings. The number of nitrogens with two attached hydrogens (primary N) is 1. The molecule has 0 saturated carbocycles. The smallest absolute Gasteiger partial charge is 0.132 e. The van der Waals surface area contributed by atoms with E-state index in [2.05, 4.69) is 32.9 Å². The number of aryl methyl sites for hydroxylation is 1. The molecule has 4 heteroatoms. The normalized spacial score (nSPS) is 12.8. The molecule has 3 nitrogen and oxygen atoms in total. The van der Waals surface area contributed by atoms with Gasteiger partial charge in [-0.2, -0.15) is 0 Å². The molecule has 1 unspecified atom stereocenters. The van der Waals surface area contributed by atoms with Gasteiger partial charge in [-0.15, -0.1) is 0 Å². The molecule has 2 aromatic carbocycles. The molecule has 0 aliphatic carbocycles. The van der Waals surface area contributed by atoms with E-state index in [1.165, 1.54) is 11.1 Å². The summed E-state index contributed by atoms with van der Waals surface area (Å²) in [6, 6.07) is 9.33. The van der Waals surface area contributed by atoms with Gasteiger partial charge in [0.05, 0.1) is 19.4 Å². The van der Waals surface area contributed by atoms with Crippen molar-refractivity contribution >= 4 is 22.4 Å². The lowest BCUT2D eigenvalue weighted by Crippen LogP contribution is -2.12. The lowest BCUT2D eigenvalue weighted by molar-refractivity contribution is 0.403. The van der Waals surface area contributed by atoms with Crippen molar-refractivity contribution in [3.05, 3.63) is 64.1 Å². The van der Waals surface area contributed by atoms with Crippen LogP contribution in [-0.4, -0.2) is 7.11 Å². The number of hydrogen-bond acceptors (Lipinski definition) is 3. The number of ether oxygens (including phenoxy) is 1. The van der Waals surface area contributed by atoms with Crippen LogP contribution in [0.15, 0.2) is 41.0 Å². The summed E-state index contributed by atoms with van der Waals surface area (Å²) in [5.41, 5.74) is 9.86. The largest absolute Gasteiger partial charge is 0.496 e. The first kappa shape index (κ1) is 16.9. The van der Waals surface area contributed by atoms with Crippen LogP contribution >= 0.6 is 11.6 Å². The Morgan fingerprint density at radius 2 is 1.88 bits per heavy atom. The van der Waals surface area contributed by atoms with Gasteiger partial charge in [0, 0.05) is 21.4 Å². The predicted molar refractivity (Wildman–Crippen MR) is 99.1 cm³/mol. The van der Waals surface area contributed by atoms with E-state index in [-0.39, 0.29) is 0 Å². The van der Waals surface area contributed by atoms with E-state index in [0.29, 0.717) is 16.7 Å². The second-order valence-electron chi connectivity index (χ2n) is 6.41. The summed E-state index contributed by atoms with van der Waals surface area (Å²) >= 11 is 6.14. The number of halogens is 1. The highest BCUT2D eigenvalue weighted by atomic mass is 35.5. The maximum atomic E-state index is 6.49. The standard InChI is InChI=1S/C20H22ClNO2/c1-11(2)15-8-13-10-24-20(16(13)7-12(15)3)19(22)17-9-14(21)5-6-18(17)23-4/h5-11,19H,22H2,1-4H3. The van der Waals surface area contributed by atoms with Gasteiger partial charge in [-0.05, 0) is 54.3 Å². The zero-order valence-corrected chi connectivity index (χ0v) is 15.1. The second-order valence-corrected chi connectivity index (χ2v) is 6.85. The Labute approximate surface area is 147 Å². The van der Waals surface area contributed by atoms with Crippen LogP contribution in [0.3, 0.4) is 0 Å². The van der Waals surface area contributed by atoms with Gasteiger partial charge in [-0.3, -0.25) is 0 Å². The maximum absolute atomic E-state index is 6.49. The van der Waals surface area contributed by atoms with E-state index in [4.69, 9.17) is 26.5 Å². The Hall–Kier alpha value is -1.97. The molecule has 3 rings (SSSR count). The molecule has 0 spiro atoms. The van der Waals surface area contributed by atoms with Gasteiger partial charge in [0.2, 0.25) is 0 Å². The molecule has 24 heavy (non-hydrogen) atoms. The van der Waals surface area contributed by atoms with Crippen molar-refractivity contribution in [2.75, 3.05) is 7.11 Å². The van der Waals surface area contributed by atoms with E-state index in [1.807, 2.05) is 12.1 Å². The molecule has 0 radical (unpaired) electrons. The SMILES string of the molecule is COc1ccc(Cl)cc1C(N)c1occ2cc(C(C)C)c(C)cc12. The first-order valence-corrected chi connectivity index (χ1v) is 8.40. The minimum Gasteiger partial charge on any atom is -0.496 e. The molecule has 1 aromatic heterocycles. The van der Waals surface area contributed by atoms with Crippen LogP contribution in [0, 0.1) is 6.92 Å². The van der Waals surface area contributed by atoms with Gasteiger partial charge >= 0.3 is 0 Å². The van der Waals surface area contributed by atoms with Crippen molar-refractivity contribution in [3.63, 3.8) is 0 Å². The van der Waals surface area contributed by atoms with Gasteiger partial charge < -0.3 is 14.9 Å². The minimum atomic E-state index is -0.444. The van der Waals surface area contributed by atoms with Crippen molar-refractivity contribution in [2.24, 2.45) is 5.73 Å². The van der Waals surface area contributed by atoms with Gasteiger partial charge in [0.25, 0.3) is 0 Å². The fourth-order valence-corrected chi connectivity index (χ4v) is 3.38. The Morgan fingerprint density at radius 1 is 1.12 bits per heavy atom. The van der Waals surface area contributed by atoms with E-state index in [1.54, 1.807) is 19.4 Å². The first-order chi connectivity index (χ1) is 11.4. The highest BCUT2D eigenvalue weighted by Crippen LogP contribution is 2.36.